The molecule has 0 unspecified atom stereocenters. The zero-order valence-electron chi connectivity index (χ0n) is 14.2. The Morgan fingerprint density at radius 1 is 0.923 bits per heavy atom. The van der Waals surface area contributed by atoms with Crippen molar-refractivity contribution in [3.05, 3.63) is 65.7 Å². The number of nitrogens with one attached hydrogen (secondary N) is 2. The summed E-state index contributed by atoms with van der Waals surface area (Å²) in [6.45, 7) is 1.74. The highest BCUT2D eigenvalue weighted by atomic mass is 19.4. The van der Waals surface area contributed by atoms with Crippen LogP contribution in [0.2, 0.25) is 0 Å². The molecule has 0 aliphatic heterocycles. The van der Waals surface area contributed by atoms with Gasteiger partial charge in [-0.25, -0.2) is 4.98 Å². The predicted octanol–water partition coefficient (Wildman–Crippen LogP) is 5.26. The zero-order valence-corrected chi connectivity index (χ0v) is 14.2. The van der Waals surface area contributed by atoms with Crippen LogP contribution in [0.5, 0.6) is 0 Å². The van der Waals surface area contributed by atoms with Crippen molar-refractivity contribution in [3.63, 3.8) is 0 Å². The molecule has 3 rings (SSSR count). The molecule has 0 saturated heterocycles. The van der Waals surface area contributed by atoms with Crippen molar-refractivity contribution in [1.29, 1.82) is 0 Å². The zero-order chi connectivity index (χ0) is 18.7. The molecule has 0 fully saturated rings. The van der Waals surface area contributed by atoms with Crippen LogP contribution < -0.4 is 10.6 Å². The molecule has 1 aromatic heterocycles. The average Bonchev–Trinajstić information content (AvgIpc) is 2.63. The fourth-order valence-electron chi connectivity index (χ4n) is 2.45. The number of aryl methyl sites for hydroxylation is 1. The molecule has 3 aromatic rings. The first-order valence-electron chi connectivity index (χ1n) is 7.94. The van der Waals surface area contributed by atoms with Crippen LogP contribution in [0.1, 0.15) is 11.1 Å². The highest BCUT2D eigenvalue weighted by Gasteiger charge is 2.30. The van der Waals surface area contributed by atoms with Gasteiger partial charge in [-0.15, -0.1) is 0 Å². The largest absolute Gasteiger partial charge is 0.416 e. The van der Waals surface area contributed by atoms with Gasteiger partial charge in [0, 0.05) is 24.4 Å². The van der Waals surface area contributed by atoms with Gasteiger partial charge in [0.15, 0.2) is 0 Å². The quantitative estimate of drug-likeness (QED) is 0.668. The van der Waals surface area contributed by atoms with E-state index in [1.165, 1.54) is 6.07 Å². The summed E-state index contributed by atoms with van der Waals surface area (Å²) < 4.78 is 38.9. The molecule has 0 spiro atoms. The summed E-state index contributed by atoms with van der Waals surface area (Å²) in [6.07, 6.45) is -4.40. The Morgan fingerprint density at radius 3 is 2.31 bits per heavy atom. The van der Waals surface area contributed by atoms with E-state index in [1.807, 2.05) is 30.3 Å². The van der Waals surface area contributed by atoms with Gasteiger partial charge in [-0.05, 0) is 24.6 Å². The monoisotopic (exact) mass is 358 g/mol. The first-order valence-corrected chi connectivity index (χ1v) is 7.94. The molecule has 0 radical (unpaired) electrons. The lowest BCUT2D eigenvalue weighted by Gasteiger charge is -2.14. The van der Waals surface area contributed by atoms with Crippen LogP contribution >= 0.6 is 0 Å². The third kappa shape index (κ3) is 3.93. The van der Waals surface area contributed by atoms with E-state index in [0.717, 1.165) is 17.7 Å². The second kappa shape index (κ2) is 7.03. The smallest absolute Gasteiger partial charge is 0.357 e. The fourth-order valence-corrected chi connectivity index (χ4v) is 2.45. The van der Waals surface area contributed by atoms with E-state index in [-0.39, 0.29) is 0 Å². The van der Waals surface area contributed by atoms with Crippen molar-refractivity contribution in [2.75, 3.05) is 17.7 Å². The maximum absolute atomic E-state index is 13.0. The Morgan fingerprint density at radius 2 is 1.65 bits per heavy atom. The molecule has 0 saturated carbocycles. The Kier molecular flexibility index (Phi) is 4.79. The number of hydrogen-bond acceptors (Lipinski definition) is 4. The van der Waals surface area contributed by atoms with Crippen LogP contribution in [0.3, 0.4) is 0 Å². The van der Waals surface area contributed by atoms with Gasteiger partial charge in [0.1, 0.15) is 5.82 Å². The fraction of sp³-hybridized carbons (Fsp3) is 0.158. The standard InChI is InChI=1S/C19H17F3N4/c1-12-8-9-14(19(20,21)22)10-15(12)24-17-11-16(25-18(23-2)26-17)13-6-4-3-5-7-13/h3-11H,1-2H3,(H2,23,24,25,26). The van der Waals surface area contributed by atoms with Crippen LogP contribution in [0.15, 0.2) is 54.6 Å². The number of hydrogen-bond donors (Lipinski definition) is 2. The van der Waals surface area contributed by atoms with Gasteiger partial charge in [-0.2, -0.15) is 18.2 Å². The first kappa shape index (κ1) is 17.7. The number of halogens is 3. The van der Waals surface area contributed by atoms with Gasteiger partial charge in [0.2, 0.25) is 5.95 Å². The number of aromatic nitrogens is 2. The van der Waals surface area contributed by atoms with Crippen molar-refractivity contribution in [2.24, 2.45) is 0 Å². The summed E-state index contributed by atoms with van der Waals surface area (Å²) in [5, 5.41) is 5.85. The number of rotatable bonds is 4. The molecular formula is C19H17F3N4. The minimum Gasteiger partial charge on any atom is -0.357 e. The summed E-state index contributed by atoms with van der Waals surface area (Å²) in [4.78, 5) is 8.69. The number of anilines is 3. The SMILES string of the molecule is CNc1nc(Nc2cc(C(F)(F)F)ccc2C)cc(-c2ccccc2)n1. The van der Waals surface area contributed by atoms with Gasteiger partial charge < -0.3 is 10.6 Å². The average molecular weight is 358 g/mol. The topological polar surface area (TPSA) is 49.8 Å². The van der Waals surface area contributed by atoms with E-state index in [2.05, 4.69) is 20.6 Å². The molecule has 0 aliphatic carbocycles. The van der Waals surface area contributed by atoms with Crippen molar-refractivity contribution < 1.29 is 13.2 Å². The van der Waals surface area contributed by atoms with Gasteiger partial charge in [0.25, 0.3) is 0 Å². The minimum atomic E-state index is -4.40. The van der Waals surface area contributed by atoms with E-state index in [9.17, 15) is 13.2 Å². The summed E-state index contributed by atoms with van der Waals surface area (Å²) in [7, 11) is 1.68. The number of alkyl halides is 3. The molecule has 0 atom stereocenters. The molecule has 4 nitrogen and oxygen atoms in total. The molecule has 0 aliphatic rings. The third-order valence-electron chi connectivity index (χ3n) is 3.85. The Balaban J connectivity index is 2.00. The molecule has 1 heterocycles. The van der Waals surface area contributed by atoms with Gasteiger partial charge in [0.05, 0.1) is 11.3 Å². The first-order chi connectivity index (χ1) is 12.4. The Labute approximate surface area is 149 Å². The Hall–Kier alpha value is -3.09. The summed E-state index contributed by atoms with van der Waals surface area (Å²) >= 11 is 0. The van der Waals surface area contributed by atoms with Crippen LogP contribution in [0.25, 0.3) is 11.3 Å². The lowest BCUT2D eigenvalue weighted by Crippen LogP contribution is -2.07. The second-order valence-electron chi connectivity index (χ2n) is 5.73. The molecule has 2 N–H and O–H groups in total. The summed E-state index contributed by atoms with van der Waals surface area (Å²) in [6, 6.07) is 14.8. The van der Waals surface area contributed by atoms with Crippen molar-refractivity contribution in [3.8, 4) is 11.3 Å². The summed E-state index contributed by atoms with van der Waals surface area (Å²) in [5.74, 6) is 0.782. The maximum atomic E-state index is 13.0. The molecule has 26 heavy (non-hydrogen) atoms. The highest BCUT2D eigenvalue weighted by molar-refractivity contribution is 5.68. The lowest BCUT2D eigenvalue weighted by atomic mass is 10.1. The second-order valence-corrected chi connectivity index (χ2v) is 5.73. The van der Waals surface area contributed by atoms with Gasteiger partial charge in [-0.1, -0.05) is 36.4 Å². The molecule has 0 bridgehead atoms. The molecule has 134 valence electrons. The van der Waals surface area contributed by atoms with Crippen LogP contribution in [-0.2, 0) is 6.18 Å². The highest BCUT2D eigenvalue weighted by Crippen LogP contribution is 2.33. The normalized spacial score (nSPS) is 11.3. The van der Waals surface area contributed by atoms with E-state index in [4.69, 9.17) is 0 Å². The third-order valence-corrected chi connectivity index (χ3v) is 3.85. The number of benzene rings is 2. The molecule has 7 heteroatoms. The summed E-state index contributed by atoms with van der Waals surface area (Å²) in [5.41, 5.74) is 1.87. The predicted molar refractivity (Wildman–Crippen MR) is 96.5 cm³/mol. The lowest BCUT2D eigenvalue weighted by molar-refractivity contribution is -0.137. The molecule has 0 amide bonds. The molecule has 2 aromatic carbocycles. The number of nitrogens with zero attached hydrogens (tertiary/aromatic N) is 2. The maximum Gasteiger partial charge on any atom is 0.416 e. The van der Waals surface area contributed by atoms with Crippen molar-refractivity contribution in [2.45, 2.75) is 13.1 Å². The molecular weight excluding hydrogens is 341 g/mol. The van der Waals surface area contributed by atoms with E-state index >= 15 is 0 Å². The van der Waals surface area contributed by atoms with Gasteiger partial charge >= 0.3 is 6.18 Å². The van der Waals surface area contributed by atoms with Gasteiger partial charge in [-0.3, -0.25) is 0 Å². The minimum absolute atomic E-state index is 0.347. The van der Waals surface area contributed by atoms with Crippen molar-refractivity contribution in [1.82, 2.24) is 9.97 Å². The van der Waals surface area contributed by atoms with Crippen molar-refractivity contribution >= 4 is 17.5 Å². The van der Waals surface area contributed by atoms with E-state index in [1.54, 1.807) is 20.0 Å². The van der Waals surface area contributed by atoms with Crippen LogP contribution in [0.4, 0.5) is 30.6 Å². The van der Waals surface area contributed by atoms with E-state index < -0.39 is 11.7 Å². The Bertz CT molecular complexity index is 908. The van der Waals surface area contributed by atoms with Crippen LogP contribution in [-0.4, -0.2) is 17.0 Å². The van der Waals surface area contributed by atoms with E-state index in [0.29, 0.717) is 28.7 Å². The van der Waals surface area contributed by atoms with Crippen LogP contribution in [0, 0.1) is 6.92 Å².